The largest absolute Gasteiger partial charge is 0.402 e. The third-order valence-electron chi connectivity index (χ3n) is 6.58. The van der Waals surface area contributed by atoms with E-state index in [0.717, 1.165) is 35.2 Å². The van der Waals surface area contributed by atoms with E-state index < -0.39 is 6.17 Å². The van der Waals surface area contributed by atoms with E-state index in [1.807, 2.05) is 67.6 Å². The van der Waals surface area contributed by atoms with Crippen molar-refractivity contribution in [3.05, 3.63) is 83.6 Å². The van der Waals surface area contributed by atoms with Crippen molar-refractivity contribution in [1.82, 2.24) is 15.2 Å². The SMILES string of the molecule is COCC1(Nc2cc(C)cnc2-c2nnc(N[C@H]3N=C(c4ccccc4)c4ccccc4NC3=O)o2)CC1. The number of hydrogen-bond donors (Lipinski definition) is 3. The number of para-hydroxylation sites is 1. The van der Waals surface area contributed by atoms with Crippen LogP contribution in [0.2, 0.25) is 0 Å². The summed E-state index contributed by atoms with van der Waals surface area (Å²) in [5.74, 6) is -0.109. The molecule has 10 heteroatoms. The molecular weight excluding hydrogens is 482 g/mol. The van der Waals surface area contributed by atoms with Crippen LogP contribution in [0.1, 0.15) is 29.5 Å². The van der Waals surface area contributed by atoms with E-state index >= 15 is 0 Å². The van der Waals surface area contributed by atoms with Crippen molar-refractivity contribution in [1.29, 1.82) is 0 Å². The number of carbonyl (C=O) groups excluding carboxylic acids is 1. The minimum absolute atomic E-state index is 0.0635. The predicted octanol–water partition coefficient (Wildman–Crippen LogP) is 4.26. The van der Waals surface area contributed by atoms with Gasteiger partial charge < -0.3 is 25.1 Å². The normalized spacial score (nSPS) is 17.6. The number of pyridine rings is 1. The molecule has 38 heavy (non-hydrogen) atoms. The van der Waals surface area contributed by atoms with Gasteiger partial charge in [-0.25, -0.2) is 9.98 Å². The Hall–Kier alpha value is -4.57. The van der Waals surface area contributed by atoms with Crippen LogP contribution >= 0.6 is 0 Å². The number of amides is 1. The Balaban J connectivity index is 1.30. The summed E-state index contributed by atoms with van der Waals surface area (Å²) >= 11 is 0. The molecule has 192 valence electrons. The number of nitrogens with one attached hydrogen (secondary N) is 3. The van der Waals surface area contributed by atoms with Gasteiger partial charge in [-0.05, 0) is 37.5 Å². The van der Waals surface area contributed by atoms with Gasteiger partial charge in [0.1, 0.15) is 0 Å². The molecule has 2 aromatic heterocycles. The number of benzene rings is 2. The van der Waals surface area contributed by atoms with Gasteiger partial charge in [0.2, 0.25) is 6.17 Å². The standard InChI is InChI=1S/C28H27N7O3/c1-17-14-21(33-28(12-13-28)16-37-2)23(29-15-17)26-34-35-27(38-26)32-24-25(36)30-20-11-7-6-10-19(20)22(31-24)18-8-4-3-5-9-18/h3-11,14-15,24,33H,12-13,16H2,1-2H3,(H,30,36)(H,32,35)/t24-/m1/s1. The number of ether oxygens (including phenoxy) is 1. The first-order chi connectivity index (χ1) is 18.5. The molecule has 1 fully saturated rings. The molecule has 1 saturated carbocycles. The van der Waals surface area contributed by atoms with Crippen LogP contribution in [0.25, 0.3) is 11.6 Å². The number of aliphatic imine (C=N–C) groups is 1. The first-order valence-corrected chi connectivity index (χ1v) is 12.4. The van der Waals surface area contributed by atoms with Crippen LogP contribution in [0.15, 0.2) is 76.3 Å². The lowest BCUT2D eigenvalue weighted by Crippen LogP contribution is -2.32. The highest BCUT2D eigenvalue weighted by molar-refractivity contribution is 6.19. The lowest BCUT2D eigenvalue weighted by atomic mass is 10.0. The van der Waals surface area contributed by atoms with Crippen molar-refractivity contribution in [2.75, 3.05) is 29.7 Å². The molecule has 2 aromatic carbocycles. The zero-order valence-corrected chi connectivity index (χ0v) is 21.1. The number of benzodiazepines with no additional fused rings is 1. The van der Waals surface area contributed by atoms with Crippen LogP contribution in [-0.4, -0.2) is 52.2 Å². The van der Waals surface area contributed by atoms with Gasteiger partial charge in [0.15, 0.2) is 5.69 Å². The molecule has 4 aromatic rings. The average molecular weight is 510 g/mol. The summed E-state index contributed by atoms with van der Waals surface area (Å²) in [6.45, 7) is 2.57. The number of hydrogen-bond acceptors (Lipinski definition) is 9. The molecule has 3 heterocycles. The zero-order chi connectivity index (χ0) is 26.1. The number of nitrogens with zero attached hydrogens (tertiary/aromatic N) is 4. The van der Waals surface area contributed by atoms with Gasteiger partial charge in [-0.2, -0.15) is 0 Å². The van der Waals surface area contributed by atoms with Crippen LogP contribution in [0.5, 0.6) is 0 Å². The molecule has 0 radical (unpaired) electrons. The third kappa shape index (κ3) is 4.73. The summed E-state index contributed by atoms with van der Waals surface area (Å²) in [6.07, 6.45) is 2.77. The summed E-state index contributed by atoms with van der Waals surface area (Å²) in [5.41, 5.74) is 5.28. The van der Waals surface area contributed by atoms with Crippen molar-refractivity contribution < 1.29 is 13.9 Å². The highest BCUT2D eigenvalue weighted by Crippen LogP contribution is 2.41. The molecule has 1 aliphatic carbocycles. The molecule has 1 aliphatic heterocycles. The van der Waals surface area contributed by atoms with Gasteiger partial charge in [-0.1, -0.05) is 53.6 Å². The smallest absolute Gasteiger partial charge is 0.317 e. The van der Waals surface area contributed by atoms with Crippen LogP contribution in [-0.2, 0) is 9.53 Å². The Kier molecular flexibility index (Phi) is 6.09. The number of methoxy groups -OCH3 is 1. The Bertz CT molecular complexity index is 1510. The fourth-order valence-corrected chi connectivity index (χ4v) is 4.53. The van der Waals surface area contributed by atoms with Gasteiger partial charge in [-0.15, -0.1) is 5.10 Å². The van der Waals surface area contributed by atoms with E-state index in [-0.39, 0.29) is 23.4 Å². The van der Waals surface area contributed by atoms with Crippen molar-refractivity contribution in [3.63, 3.8) is 0 Å². The van der Waals surface area contributed by atoms with Crippen LogP contribution < -0.4 is 16.0 Å². The molecule has 10 nitrogen and oxygen atoms in total. The van der Waals surface area contributed by atoms with E-state index in [9.17, 15) is 4.79 Å². The second-order valence-corrected chi connectivity index (χ2v) is 9.58. The maximum absolute atomic E-state index is 13.1. The van der Waals surface area contributed by atoms with E-state index in [2.05, 4.69) is 31.1 Å². The maximum atomic E-state index is 13.1. The van der Waals surface area contributed by atoms with Gasteiger partial charge in [0.05, 0.1) is 29.2 Å². The van der Waals surface area contributed by atoms with E-state index in [1.54, 1.807) is 13.3 Å². The van der Waals surface area contributed by atoms with Crippen LogP contribution in [0.3, 0.4) is 0 Å². The molecule has 0 unspecified atom stereocenters. The fourth-order valence-electron chi connectivity index (χ4n) is 4.53. The highest BCUT2D eigenvalue weighted by Gasteiger charge is 2.43. The third-order valence-corrected chi connectivity index (χ3v) is 6.58. The average Bonchev–Trinajstić information content (AvgIpc) is 3.55. The van der Waals surface area contributed by atoms with E-state index in [0.29, 0.717) is 23.7 Å². The topological polar surface area (TPSA) is 127 Å². The van der Waals surface area contributed by atoms with E-state index in [4.69, 9.17) is 14.1 Å². The Labute approximate surface area is 219 Å². The summed E-state index contributed by atoms with van der Waals surface area (Å²) < 4.78 is 11.3. The molecule has 6 rings (SSSR count). The fraction of sp³-hybridized carbons (Fsp3) is 0.250. The number of rotatable bonds is 8. The van der Waals surface area contributed by atoms with Crippen molar-refractivity contribution in [3.8, 4) is 11.6 Å². The summed E-state index contributed by atoms with van der Waals surface area (Å²) in [4.78, 5) is 22.5. The monoisotopic (exact) mass is 509 g/mol. The van der Waals surface area contributed by atoms with Gasteiger partial charge >= 0.3 is 6.01 Å². The first-order valence-electron chi connectivity index (χ1n) is 12.4. The highest BCUT2D eigenvalue weighted by atomic mass is 16.5. The van der Waals surface area contributed by atoms with Crippen molar-refractivity contribution in [2.45, 2.75) is 31.5 Å². The van der Waals surface area contributed by atoms with Gasteiger partial charge in [-0.3, -0.25) is 4.79 Å². The number of anilines is 3. The number of aryl methyl sites for hydroxylation is 1. The molecule has 0 spiro atoms. The van der Waals surface area contributed by atoms with Crippen molar-refractivity contribution in [2.24, 2.45) is 4.99 Å². The van der Waals surface area contributed by atoms with Crippen LogP contribution in [0, 0.1) is 6.92 Å². The minimum atomic E-state index is -0.995. The van der Waals surface area contributed by atoms with Gasteiger partial charge in [0, 0.05) is 24.4 Å². The summed E-state index contributed by atoms with van der Waals surface area (Å²) in [5, 5.41) is 17.9. The maximum Gasteiger partial charge on any atom is 0.317 e. The lowest BCUT2D eigenvalue weighted by molar-refractivity contribution is -0.116. The molecule has 0 saturated heterocycles. The van der Waals surface area contributed by atoms with Gasteiger partial charge in [0.25, 0.3) is 11.8 Å². The first kappa shape index (κ1) is 23.8. The second-order valence-electron chi connectivity index (χ2n) is 9.58. The molecule has 1 atom stereocenters. The number of fused-ring (bicyclic) bond motifs is 1. The quantitative estimate of drug-likeness (QED) is 0.322. The Morgan fingerprint density at radius 3 is 2.68 bits per heavy atom. The Morgan fingerprint density at radius 1 is 1.11 bits per heavy atom. The van der Waals surface area contributed by atoms with Crippen LogP contribution in [0.4, 0.5) is 17.4 Å². The minimum Gasteiger partial charge on any atom is -0.402 e. The molecular formula is C28H27N7O3. The zero-order valence-electron chi connectivity index (χ0n) is 21.1. The molecule has 1 amide bonds. The van der Waals surface area contributed by atoms with Crippen molar-refractivity contribution >= 4 is 29.0 Å². The molecule has 3 N–H and O–H groups in total. The molecule has 0 bridgehead atoms. The summed E-state index contributed by atoms with van der Waals surface area (Å²) in [6, 6.07) is 19.4. The second kappa shape index (κ2) is 9.71. The van der Waals surface area contributed by atoms with E-state index in [1.165, 1.54) is 0 Å². The summed E-state index contributed by atoms with van der Waals surface area (Å²) in [7, 11) is 1.70. The Morgan fingerprint density at radius 2 is 1.89 bits per heavy atom. The predicted molar refractivity (Wildman–Crippen MR) is 144 cm³/mol. The molecule has 2 aliphatic rings. The number of aromatic nitrogens is 3. The number of carbonyl (C=O) groups is 1. The lowest BCUT2D eigenvalue weighted by Gasteiger charge is -2.19.